The summed E-state index contributed by atoms with van der Waals surface area (Å²) in [6.07, 6.45) is 0.272. The van der Waals surface area contributed by atoms with E-state index < -0.39 is 11.8 Å². The number of carbonyl (C=O) groups is 2. The van der Waals surface area contributed by atoms with Crippen molar-refractivity contribution >= 4 is 17.6 Å². The van der Waals surface area contributed by atoms with Crippen molar-refractivity contribution in [2.75, 3.05) is 25.5 Å². The van der Waals surface area contributed by atoms with Crippen molar-refractivity contribution in [1.82, 2.24) is 4.90 Å². The summed E-state index contributed by atoms with van der Waals surface area (Å²) in [6.45, 7) is 0.844. The highest BCUT2D eigenvalue weighted by atomic mass is 19.1. The van der Waals surface area contributed by atoms with Crippen molar-refractivity contribution in [1.29, 1.82) is 0 Å². The molecule has 0 radical (unpaired) electrons. The van der Waals surface area contributed by atoms with Crippen LogP contribution in [-0.4, -0.2) is 42.0 Å². The van der Waals surface area contributed by atoms with Gasteiger partial charge in [0, 0.05) is 25.2 Å². The predicted octanol–water partition coefficient (Wildman–Crippen LogP) is 1.56. The Bertz CT molecular complexity index is 451. The van der Waals surface area contributed by atoms with E-state index in [1.165, 1.54) is 18.2 Å². The number of hydrogen-bond acceptors (Lipinski definition) is 3. The summed E-state index contributed by atoms with van der Waals surface area (Å²) >= 11 is 0. The van der Waals surface area contributed by atoms with Crippen LogP contribution in [0, 0.1) is 5.82 Å². The fourth-order valence-corrected chi connectivity index (χ4v) is 1.48. The van der Waals surface area contributed by atoms with E-state index in [-0.39, 0.29) is 18.7 Å². The largest absolute Gasteiger partial charge is 0.481 e. The van der Waals surface area contributed by atoms with Gasteiger partial charge in [0.15, 0.2) is 0 Å². The molecule has 0 bridgehead atoms. The van der Waals surface area contributed by atoms with E-state index in [0.29, 0.717) is 18.8 Å². The second-order valence-corrected chi connectivity index (χ2v) is 4.26. The molecule has 0 unspecified atom stereocenters. The number of amides is 1. The fraction of sp³-hybridized carbons (Fsp3) is 0.385. The summed E-state index contributed by atoms with van der Waals surface area (Å²) < 4.78 is 12.9. The van der Waals surface area contributed by atoms with Gasteiger partial charge in [-0.15, -0.1) is 0 Å². The number of nitrogens with one attached hydrogen (secondary N) is 1. The Hall–Kier alpha value is -1.95. The Morgan fingerprint density at radius 1 is 1.32 bits per heavy atom. The quantitative estimate of drug-likeness (QED) is 0.787. The molecule has 6 heteroatoms. The van der Waals surface area contributed by atoms with E-state index in [1.54, 1.807) is 18.0 Å². The maximum atomic E-state index is 12.9. The molecule has 5 nitrogen and oxygen atoms in total. The van der Waals surface area contributed by atoms with E-state index in [2.05, 4.69) is 5.32 Å². The molecule has 0 atom stereocenters. The Kier molecular flexibility index (Phi) is 5.95. The van der Waals surface area contributed by atoms with Gasteiger partial charge in [-0.2, -0.15) is 0 Å². The third kappa shape index (κ3) is 6.52. The third-order valence-corrected chi connectivity index (χ3v) is 2.54. The van der Waals surface area contributed by atoms with Crippen molar-refractivity contribution in [2.45, 2.75) is 12.8 Å². The van der Waals surface area contributed by atoms with Gasteiger partial charge in [-0.05, 0) is 25.2 Å². The van der Waals surface area contributed by atoms with Gasteiger partial charge in [0.05, 0.1) is 6.42 Å². The van der Waals surface area contributed by atoms with Gasteiger partial charge in [-0.1, -0.05) is 6.07 Å². The lowest BCUT2D eigenvalue weighted by atomic mass is 10.3. The van der Waals surface area contributed by atoms with E-state index in [1.807, 2.05) is 0 Å². The van der Waals surface area contributed by atoms with Gasteiger partial charge in [0.1, 0.15) is 5.82 Å². The van der Waals surface area contributed by atoms with Gasteiger partial charge >= 0.3 is 5.97 Å². The van der Waals surface area contributed by atoms with Crippen molar-refractivity contribution in [2.24, 2.45) is 0 Å². The van der Waals surface area contributed by atoms with Crippen LogP contribution in [0.2, 0.25) is 0 Å². The van der Waals surface area contributed by atoms with Crippen molar-refractivity contribution in [3.05, 3.63) is 30.1 Å². The molecule has 1 rings (SSSR count). The third-order valence-electron chi connectivity index (χ3n) is 2.54. The first-order valence-electron chi connectivity index (χ1n) is 5.93. The molecule has 2 N–H and O–H groups in total. The number of nitrogens with zero attached hydrogens (tertiary/aromatic N) is 1. The molecule has 0 saturated heterocycles. The predicted molar refractivity (Wildman–Crippen MR) is 69.4 cm³/mol. The van der Waals surface area contributed by atoms with Crippen LogP contribution in [0.5, 0.6) is 0 Å². The average Bonchev–Trinajstić information content (AvgIpc) is 2.34. The number of anilines is 1. The molecular formula is C13H17FN2O3. The summed E-state index contributed by atoms with van der Waals surface area (Å²) in [7, 11) is 1.75. The van der Waals surface area contributed by atoms with Gasteiger partial charge < -0.3 is 15.3 Å². The lowest BCUT2D eigenvalue weighted by Gasteiger charge is -2.14. The maximum absolute atomic E-state index is 12.9. The first kappa shape index (κ1) is 15.1. The molecule has 1 amide bonds. The number of carboxylic acid groups (broad SMARTS) is 1. The Labute approximate surface area is 111 Å². The number of hydrogen-bond donors (Lipinski definition) is 2. The summed E-state index contributed by atoms with van der Waals surface area (Å²) in [6, 6.07) is 5.67. The Morgan fingerprint density at radius 3 is 2.63 bits per heavy atom. The molecule has 0 fully saturated rings. The van der Waals surface area contributed by atoms with Crippen LogP contribution in [0.1, 0.15) is 12.8 Å². The number of carbonyl (C=O) groups excluding carboxylic acids is 1. The molecule has 0 aliphatic heterocycles. The van der Waals surface area contributed by atoms with E-state index in [4.69, 9.17) is 5.11 Å². The summed E-state index contributed by atoms with van der Waals surface area (Å²) in [5.41, 5.74) is 0.415. The second kappa shape index (κ2) is 7.48. The van der Waals surface area contributed by atoms with E-state index in [9.17, 15) is 14.0 Å². The molecule has 0 aliphatic carbocycles. The van der Waals surface area contributed by atoms with Crippen molar-refractivity contribution in [3.8, 4) is 0 Å². The first-order valence-corrected chi connectivity index (χ1v) is 5.93. The fourth-order valence-electron chi connectivity index (χ4n) is 1.48. The molecule has 0 aromatic heterocycles. The van der Waals surface area contributed by atoms with Crippen LogP contribution in [0.4, 0.5) is 10.1 Å². The summed E-state index contributed by atoms with van der Waals surface area (Å²) in [5.74, 6) is -1.50. The molecule has 1 aromatic carbocycles. The highest BCUT2D eigenvalue weighted by molar-refractivity contribution is 5.90. The van der Waals surface area contributed by atoms with Crippen LogP contribution in [0.3, 0.4) is 0 Å². The Balaban J connectivity index is 2.30. The van der Waals surface area contributed by atoms with Gasteiger partial charge in [0.2, 0.25) is 5.91 Å². The molecular weight excluding hydrogens is 251 g/mol. The molecule has 1 aromatic rings. The van der Waals surface area contributed by atoms with Crippen LogP contribution in [-0.2, 0) is 9.59 Å². The SMILES string of the molecule is CN(CCC(=O)O)CCC(=O)Nc1cccc(F)c1. The van der Waals surface area contributed by atoms with Gasteiger partial charge in [-0.3, -0.25) is 9.59 Å². The summed E-state index contributed by atoms with van der Waals surface area (Å²) in [4.78, 5) is 23.7. The van der Waals surface area contributed by atoms with E-state index >= 15 is 0 Å². The lowest BCUT2D eigenvalue weighted by molar-refractivity contribution is -0.137. The minimum Gasteiger partial charge on any atom is -0.481 e. The molecule has 19 heavy (non-hydrogen) atoms. The minimum absolute atomic E-state index is 0.0437. The number of aliphatic carboxylic acids is 1. The standard InChI is InChI=1S/C13H17FN2O3/c1-16(8-6-13(18)19)7-5-12(17)15-11-4-2-3-10(14)9-11/h2-4,9H,5-8H2,1H3,(H,15,17)(H,18,19). The normalized spacial score (nSPS) is 10.5. The zero-order valence-electron chi connectivity index (χ0n) is 10.7. The summed E-state index contributed by atoms with van der Waals surface area (Å²) in [5, 5.41) is 11.1. The Morgan fingerprint density at radius 2 is 2.00 bits per heavy atom. The number of benzene rings is 1. The smallest absolute Gasteiger partial charge is 0.304 e. The zero-order valence-corrected chi connectivity index (χ0v) is 10.7. The average molecular weight is 268 g/mol. The van der Waals surface area contributed by atoms with Crippen LogP contribution in [0.25, 0.3) is 0 Å². The minimum atomic E-state index is -0.865. The molecule has 0 heterocycles. The monoisotopic (exact) mass is 268 g/mol. The topological polar surface area (TPSA) is 69.6 Å². The maximum Gasteiger partial charge on any atom is 0.304 e. The second-order valence-electron chi connectivity index (χ2n) is 4.26. The van der Waals surface area contributed by atoms with E-state index in [0.717, 1.165) is 0 Å². The van der Waals surface area contributed by atoms with Crippen LogP contribution >= 0.6 is 0 Å². The number of rotatable bonds is 7. The van der Waals surface area contributed by atoms with Crippen molar-refractivity contribution in [3.63, 3.8) is 0 Å². The molecule has 0 spiro atoms. The molecule has 0 aliphatic rings. The van der Waals surface area contributed by atoms with Crippen LogP contribution < -0.4 is 5.32 Å². The zero-order chi connectivity index (χ0) is 14.3. The van der Waals surface area contributed by atoms with Gasteiger partial charge in [0.25, 0.3) is 0 Å². The van der Waals surface area contributed by atoms with Crippen molar-refractivity contribution < 1.29 is 19.1 Å². The number of halogens is 1. The lowest BCUT2D eigenvalue weighted by Crippen LogP contribution is -2.26. The highest BCUT2D eigenvalue weighted by Crippen LogP contribution is 2.09. The van der Waals surface area contributed by atoms with Crippen LogP contribution in [0.15, 0.2) is 24.3 Å². The molecule has 0 saturated carbocycles. The van der Waals surface area contributed by atoms with Gasteiger partial charge in [-0.25, -0.2) is 4.39 Å². The number of carboxylic acids is 1. The molecule has 104 valence electrons. The highest BCUT2D eigenvalue weighted by Gasteiger charge is 2.07. The first-order chi connectivity index (χ1) is 8.97.